The van der Waals surface area contributed by atoms with Gasteiger partial charge in [0.05, 0.1) is 34.5 Å². The van der Waals surface area contributed by atoms with Crippen molar-refractivity contribution in [2.75, 3.05) is 21.3 Å². The molecule has 0 aromatic rings. The van der Waals surface area contributed by atoms with Gasteiger partial charge in [0, 0.05) is 38.5 Å². The van der Waals surface area contributed by atoms with Gasteiger partial charge in [-0.15, -0.1) is 0 Å². The fraction of sp³-hybridized carbons (Fsp3) is 1.00. The molecule has 0 fully saturated rings. The van der Waals surface area contributed by atoms with Crippen LogP contribution in [-0.2, 0) is 14.2 Å². The zero-order valence-corrected chi connectivity index (χ0v) is 21.8. The van der Waals surface area contributed by atoms with E-state index < -0.39 is 34.5 Å². The summed E-state index contributed by atoms with van der Waals surface area (Å²) in [6, 6.07) is 3.86. The van der Waals surface area contributed by atoms with Gasteiger partial charge in [0.25, 0.3) is 0 Å². The van der Waals surface area contributed by atoms with Gasteiger partial charge in [0.1, 0.15) is 0 Å². The van der Waals surface area contributed by atoms with E-state index >= 15 is 0 Å². The monoisotopic (exact) mass is 394 g/mol. The summed E-state index contributed by atoms with van der Waals surface area (Å²) in [6.07, 6.45) is 0. The Morgan fingerprint density at radius 1 is 0.609 bits per heavy atom. The van der Waals surface area contributed by atoms with Crippen molar-refractivity contribution in [3.8, 4) is 0 Å². The van der Waals surface area contributed by atoms with Gasteiger partial charge in [-0.25, -0.2) is 0 Å². The molecule has 0 heterocycles. The molecule has 23 heavy (non-hydrogen) atoms. The number of hydrogen-bond donors (Lipinski definition) is 0. The second-order valence-corrected chi connectivity index (χ2v) is 23.0. The smallest absolute Gasteiger partial charge is 0.0652 e. The highest BCUT2D eigenvalue weighted by Gasteiger charge is 2.38. The van der Waals surface area contributed by atoms with Crippen LogP contribution in [0.15, 0.2) is 0 Å². The summed E-state index contributed by atoms with van der Waals surface area (Å²) in [5.41, 5.74) is 1.51. The lowest BCUT2D eigenvalue weighted by molar-refractivity contribution is 0.160. The molecule has 0 aliphatic heterocycles. The minimum absolute atomic E-state index is 0.504. The fourth-order valence-corrected chi connectivity index (χ4v) is 19.8. The predicted octanol–water partition coefficient (Wildman–Crippen LogP) is 3.19. The van der Waals surface area contributed by atoms with Crippen molar-refractivity contribution in [2.24, 2.45) is 0 Å². The highest BCUT2D eigenvalue weighted by atomic mass is 28.3. The lowest BCUT2D eigenvalue weighted by Gasteiger charge is -2.38. The first-order valence-electron chi connectivity index (χ1n) is 9.18. The maximum Gasteiger partial charge on any atom is 0.0652 e. The van der Waals surface area contributed by atoms with Crippen molar-refractivity contribution in [3.05, 3.63) is 0 Å². The molecule has 0 saturated heterocycles. The Balaban J connectivity index is 5.31. The zero-order valence-electron chi connectivity index (χ0n) is 17.3. The second-order valence-electron chi connectivity index (χ2n) is 8.48. The molecule has 0 bridgehead atoms. The van der Waals surface area contributed by atoms with Gasteiger partial charge in [0.2, 0.25) is 0 Å². The molecule has 3 nitrogen and oxygen atoms in total. The SMILES string of the molecule is COC(C[Si](C)(CC(OC)[SiH](C)C)CC(OC)[SiH](C)C)[SiH](C)C. The molecule has 0 amide bonds. The van der Waals surface area contributed by atoms with Crippen molar-refractivity contribution < 1.29 is 14.2 Å². The van der Waals surface area contributed by atoms with E-state index in [0.717, 1.165) is 0 Å². The molecule has 0 N–H and O–H groups in total. The van der Waals surface area contributed by atoms with E-state index in [2.05, 4.69) is 45.8 Å². The van der Waals surface area contributed by atoms with Crippen LogP contribution in [0.25, 0.3) is 0 Å². The van der Waals surface area contributed by atoms with Gasteiger partial charge < -0.3 is 14.2 Å². The molecule has 140 valence electrons. The average Bonchev–Trinajstić information content (AvgIpc) is 2.47. The van der Waals surface area contributed by atoms with Crippen LogP contribution in [0.3, 0.4) is 0 Å². The molecule has 0 aliphatic carbocycles. The summed E-state index contributed by atoms with van der Waals surface area (Å²) in [5.74, 6) is 0. The molecular weight excluding hydrogens is 353 g/mol. The van der Waals surface area contributed by atoms with Gasteiger partial charge in [0.15, 0.2) is 0 Å². The summed E-state index contributed by atoms with van der Waals surface area (Å²) in [4.78, 5) is 0. The minimum Gasteiger partial charge on any atom is -0.386 e. The highest BCUT2D eigenvalue weighted by Crippen LogP contribution is 2.31. The molecule has 0 rings (SSSR count). The summed E-state index contributed by atoms with van der Waals surface area (Å²) >= 11 is 0. The third-order valence-corrected chi connectivity index (χ3v) is 16.8. The van der Waals surface area contributed by atoms with Gasteiger partial charge in [-0.3, -0.25) is 0 Å². The lowest BCUT2D eigenvalue weighted by Crippen LogP contribution is -2.48. The van der Waals surface area contributed by atoms with Crippen LogP contribution in [0.2, 0.25) is 64.0 Å². The normalized spacial score (nSPS) is 19.2. The molecule has 0 aromatic heterocycles. The van der Waals surface area contributed by atoms with Crippen molar-refractivity contribution >= 4 is 34.5 Å². The average molecular weight is 395 g/mol. The maximum absolute atomic E-state index is 5.90. The largest absolute Gasteiger partial charge is 0.386 e. The Hall–Kier alpha value is 0.748. The first-order valence-corrected chi connectivity index (χ1v) is 21.2. The Kier molecular flexibility index (Phi) is 11.7. The fourth-order valence-electron chi connectivity index (χ4n) is 3.48. The van der Waals surface area contributed by atoms with E-state index in [-0.39, 0.29) is 0 Å². The number of methoxy groups -OCH3 is 3. The minimum atomic E-state index is -1.46. The van der Waals surface area contributed by atoms with Crippen molar-refractivity contribution in [1.29, 1.82) is 0 Å². The molecule has 7 heteroatoms. The van der Waals surface area contributed by atoms with E-state index in [1.807, 2.05) is 21.3 Å². The van der Waals surface area contributed by atoms with Crippen LogP contribution in [0.4, 0.5) is 0 Å². The van der Waals surface area contributed by atoms with Gasteiger partial charge in [-0.2, -0.15) is 0 Å². The molecule has 0 aliphatic rings. The van der Waals surface area contributed by atoms with Crippen LogP contribution in [0.1, 0.15) is 0 Å². The topological polar surface area (TPSA) is 27.7 Å². The highest BCUT2D eigenvalue weighted by molar-refractivity contribution is 6.82. The van der Waals surface area contributed by atoms with Crippen LogP contribution in [0.5, 0.6) is 0 Å². The van der Waals surface area contributed by atoms with Gasteiger partial charge >= 0.3 is 0 Å². The van der Waals surface area contributed by atoms with Crippen molar-refractivity contribution in [3.63, 3.8) is 0 Å². The first-order chi connectivity index (χ1) is 10.6. The molecular formula is C16H42O3Si4. The van der Waals surface area contributed by atoms with E-state index in [0.29, 0.717) is 17.2 Å². The van der Waals surface area contributed by atoms with Crippen molar-refractivity contribution in [2.45, 2.75) is 81.1 Å². The van der Waals surface area contributed by atoms with Crippen LogP contribution < -0.4 is 0 Å². The number of ether oxygens (including phenoxy) is 3. The predicted molar refractivity (Wildman–Crippen MR) is 115 cm³/mol. The Morgan fingerprint density at radius 2 is 0.826 bits per heavy atom. The Morgan fingerprint density at radius 3 is 0.957 bits per heavy atom. The lowest BCUT2D eigenvalue weighted by atomic mass is 10.8. The standard InChI is InChI=1S/C16H42O3Si4/c1-17-14(20(4)5)11-23(10,12-15(18-2)21(6)7)13-16(19-3)22(8)9/h14-16,20-22H,11-13H2,1-10H3. The van der Waals surface area contributed by atoms with E-state index in [4.69, 9.17) is 14.2 Å². The van der Waals surface area contributed by atoms with Gasteiger partial charge in [-0.05, 0) is 18.1 Å². The summed E-state index contributed by atoms with van der Waals surface area (Å²) in [5, 5.41) is 0. The summed E-state index contributed by atoms with van der Waals surface area (Å²) < 4.78 is 17.7. The summed E-state index contributed by atoms with van der Waals surface area (Å²) in [7, 11) is 1.89. The molecule has 3 atom stereocenters. The molecule has 0 spiro atoms. The number of rotatable bonds is 12. The molecule has 0 aromatic carbocycles. The summed E-state index contributed by atoms with van der Waals surface area (Å²) in [6.45, 7) is 17.1. The number of hydrogen-bond acceptors (Lipinski definition) is 3. The Labute approximate surface area is 151 Å². The quantitative estimate of drug-likeness (QED) is 0.476. The third kappa shape index (κ3) is 8.60. The molecule has 3 unspecified atom stereocenters. The Bertz CT molecular complexity index is 268. The third-order valence-electron chi connectivity index (χ3n) is 5.22. The van der Waals surface area contributed by atoms with Crippen LogP contribution >= 0.6 is 0 Å². The van der Waals surface area contributed by atoms with E-state index in [1.54, 1.807) is 0 Å². The zero-order chi connectivity index (χ0) is 18.2. The first kappa shape index (κ1) is 23.7. The van der Waals surface area contributed by atoms with E-state index in [9.17, 15) is 0 Å². The van der Waals surface area contributed by atoms with E-state index in [1.165, 1.54) is 18.1 Å². The van der Waals surface area contributed by atoms with Crippen LogP contribution in [0, 0.1) is 0 Å². The van der Waals surface area contributed by atoms with Crippen molar-refractivity contribution in [1.82, 2.24) is 0 Å². The molecule has 0 saturated carbocycles. The maximum atomic E-state index is 5.90. The van der Waals surface area contributed by atoms with Gasteiger partial charge in [-0.1, -0.05) is 45.8 Å². The second kappa shape index (κ2) is 11.4. The van der Waals surface area contributed by atoms with Crippen LogP contribution in [-0.4, -0.2) is 73.0 Å². The molecule has 0 radical (unpaired) electrons.